The first-order chi connectivity index (χ1) is 10.8. The van der Waals surface area contributed by atoms with Crippen LogP contribution < -0.4 is 9.30 Å². The fourth-order valence-electron chi connectivity index (χ4n) is 3.07. The molecule has 0 unspecified atom stereocenters. The van der Waals surface area contributed by atoms with Crippen molar-refractivity contribution in [2.24, 2.45) is 0 Å². The summed E-state index contributed by atoms with van der Waals surface area (Å²) >= 11 is 0. The van der Waals surface area contributed by atoms with Crippen LogP contribution in [0.25, 0.3) is 32.6 Å². The van der Waals surface area contributed by atoms with E-state index in [1.54, 1.807) is 7.11 Å². The number of rotatable bonds is 3. The van der Waals surface area contributed by atoms with Gasteiger partial charge in [-0.3, -0.25) is 0 Å². The van der Waals surface area contributed by atoms with Crippen LogP contribution in [0.15, 0.2) is 48.8 Å². The highest BCUT2D eigenvalue weighted by molar-refractivity contribution is 6.19. The summed E-state index contributed by atoms with van der Waals surface area (Å²) in [6.07, 6.45) is 4.10. The van der Waals surface area contributed by atoms with Gasteiger partial charge in [0, 0.05) is 27.9 Å². The maximum absolute atomic E-state index is 9.16. The summed E-state index contributed by atoms with van der Waals surface area (Å²) in [5, 5.41) is 13.9. The Hall–Kier alpha value is -2.59. The third-order valence-corrected chi connectivity index (χ3v) is 4.14. The molecular weight excluding hydrogens is 276 g/mol. The van der Waals surface area contributed by atoms with Crippen molar-refractivity contribution in [2.75, 3.05) is 13.7 Å². The van der Waals surface area contributed by atoms with Gasteiger partial charge < -0.3 is 14.8 Å². The molecule has 2 aromatic heterocycles. The number of nitrogens with one attached hydrogen (secondary N) is 1. The van der Waals surface area contributed by atoms with Crippen LogP contribution in [0.3, 0.4) is 0 Å². The van der Waals surface area contributed by atoms with Crippen LogP contribution in [0.1, 0.15) is 0 Å². The summed E-state index contributed by atoms with van der Waals surface area (Å²) in [4.78, 5) is 3.46. The van der Waals surface area contributed by atoms with Crippen molar-refractivity contribution >= 4 is 32.6 Å². The Morgan fingerprint density at radius 2 is 1.95 bits per heavy atom. The van der Waals surface area contributed by atoms with E-state index in [2.05, 4.69) is 35.4 Å². The van der Waals surface area contributed by atoms with Crippen molar-refractivity contribution in [1.29, 1.82) is 0 Å². The summed E-state index contributed by atoms with van der Waals surface area (Å²) in [7, 11) is 1.68. The fourth-order valence-corrected chi connectivity index (χ4v) is 3.07. The number of aliphatic hydroxyl groups excluding tert-OH is 1. The standard InChI is InChI=1S/C18H16N2O2/c1-22-13-3-5-16-14(10-13)18-15-11-20(8-9-21)7-6-12(15)2-4-17(18)19-16/h2-7,10-11,21H,8-9H2,1H3/p+1. The highest BCUT2D eigenvalue weighted by Crippen LogP contribution is 2.33. The van der Waals surface area contributed by atoms with Crippen LogP contribution >= 0.6 is 0 Å². The minimum atomic E-state index is 0.133. The van der Waals surface area contributed by atoms with Crippen molar-refractivity contribution in [1.82, 2.24) is 4.98 Å². The number of ether oxygens (including phenoxy) is 1. The van der Waals surface area contributed by atoms with Gasteiger partial charge in [-0.1, -0.05) is 6.07 Å². The molecule has 2 N–H and O–H groups in total. The minimum Gasteiger partial charge on any atom is -0.497 e. The largest absolute Gasteiger partial charge is 0.497 e. The molecular formula is C18H17N2O2+. The molecule has 2 aromatic carbocycles. The number of fused-ring (bicyclic) bond motifs is 5. The summed E-state index contributed by atoms with van der Waals surface area (Å²) in [6, 6.07) is 12.4. The number of aromatic nitrogens is 2. The van der Waals surface area contributed by atoms with Crippen LogP contribution in [-0.4, -0.2) is 23.8 Å². The number of hydrogen-bond acceptors (Lipinski definition) is 2. The maximum atomic E-state index is 9.16. The molecule has 0 aliphatic heterocycles. The lowest BCUT2D eigenvalue weighted by atomic mass is 10.1. The minimum absolute atomic E-state index is 0.133. The molecule has 4 rings (SSSR count). The van der Waals surface area contributed by atoms with Gasteiger partial charge in [-0.15, -0.1) is 0 Å². The van der Waals surface area contributed by atoms with Gasteiger partial charge in [0.25, 0.3) is 0 Å². The quantitative estimate of drug-likeness (QED) is 0.571. The molecule has 4 nitrogen and oxygen atoms in total. The van der Waals surface area contributed by atoms with Crippen molar-refractivity contribution < 1.29 is 14.4 Å². The SMILES string of the molecule is COc1ccc2[nH]c3ccc4cc[n+](CCO)cc4c3c2c1. The number of pyridine rings is 1. The molecule has 0 aliphatic carbocycles. The van der Waals surface area contributed by atoms with Crippen LogP contribution in [0.4, 0.5) is 0 Å². The number of methoxy groups -OCH3 is 1. The molecule has 0 saturated heterocycles. The Balaban J connectivity index is 2.13. The van der Waals surface area contributed by atoms with Crippen molar-refractivity contribution in [3.8, 4) is 5.75 Å². The van der Waals surface area contributed by atoms with Crippen molar-refractivity contribution in [3.05, 3.63) is 48.8 Å². The van der Waals surface area contributed by atoms with Crippen LogP contribution in [0.5, 0.6) is 5.75 Å². The van der Waals surface area contributed by atoms with E-state index >= 15 is 0 Å². The van der Waals surface area contributed by atoms with Gasteiger partial charge in [0.15, 0.2) is 18.9 Å². The Kier molecular flexibility index (Phi) is 2.98. The molecule has 0 spiro atoms. The lowest BCUT2D eigenvalue weighted by Gasteiger charge is -2.02. The molecule has 2 heterocycles. The van der Waals surface area contributed by atoms with Gasteiger partial charge in [-0.25, -0.2) is 4.57 Å². The molecule has 22 heavy (non-hydrogen) atoms. The first-order valence-electron chi connectivity index (χ1n) is 7.32. The van der Waals surface area contributed by atoms with E-state index in [4.69, 9.17) is 9.84 Å². The monoisotopic (exact) mass is 293 g/mol. The molecule has 0 fully saturated rings. The number of nitrogens with zero attached hydrogens (tertiary/aromatic N) is 1. The van der Waals surface area contributed by atoms with Crippen molar-refractivity contribution in [2.45, 2.75) is 6.54 Å². The number of aliphatic hydroxyl groups is 1. The van der Waals surface area contributed by atoms with E-state index in [0.29, 0.717) is 6.54 Å². The second-order valence-electron chi connectivity index (χ2n) is 5.43. The van der Waals surface area contributed by atoms with E-state index in [9.17, 15) is 0 Å². The topological polar surface area (TPSA) is 49.1 Å². The highest BCUT2D eigenvalue weighted by Gasteiger charge is 2.12. The number of hydrogen-bond donors (Lipinski definition) is 2. The van der Waals surface area contributed by atoms with Crippen LogP contribution in [-0.2, 0) is 6.54 Å². The second kappa shape index (κ2) is 5.00. The Bertz CT molecular complexity index is 989. The zero-order valence-corrected chi connectivity index (χ0v) is 12.3. The van der Waals surface area contributed by atoms with Gasteiger partial charge in [0.2, 0.25) is 0 Å². The molecule has 0 radical (unpaired) electrons. The summed E-state index contributed by atoms with van der Waals surface area (Å²) in [6.45, 7) is 0.728. The Morgan fingerprint density at radius 1 is 1.09 bits per heavy atom. The predicted molar refractivity (Wildman–Crippen MR) is 87.1 cm³/mol. The maximum Gasteiger partial charge on any atom is 0.177 e. The number of H-pyrrole nitrogens is 1. The van der Waals surface area contributed by atoms with E-state index in [-0.39, 0.29) is 6.61 Å². The zero-order valence-electron chi connectivity index (χ0n) is 12.3. The molecule has 0 saturated carbocycles. The smallest absolute Gasteiger partial charge is 0.177 e. The van der Waals surface area contributed by atoms with E-state index in [0.717, 1.165) is 22.2 Å². The first kappa shape index (κ1) is 13.1. The third-order valence-electron chi connectivity index (χ3n) is 4.14. The molecule has 0 atom stereocenters. The molecule has 110 valence electrons. The van der Waals surface area contributed by atoms with Gasteiger partial charge >= 0.3 is 0 Å². The molecule has 0 aliphatic rings. The van der Waals surface area contributed by atoms with Gasteiger partial charge in [0.1, 0.15) is 12.4 Å². The molecule has 0 bridgehead atoms. The Morgan fingerprint density at radius 3 is 2.77 bits per heavy atom. The lowest BCUT2D eigenvalue weighted by molar-refractivity contribution is -0.696. The van der Waals surface area contributed by atoms with Gasteiger partial charge in [-0.2, -0.15) is 0 Å². The van der Waals surface area contributed by atoms with E-state index in [1.807, 2.05) is 22.9 Å². The average molecular weight is 293 g/mol. The molecule has 4 heteroatoms. The molecule has 0 amide bonds. The first-order valence-corrected chi connectivity index (χ1v) is 7.32. The zero-order chi connectivity index (χ0) is 15.1. The third kappa shape index (κ3) is 1.92. The predicted octanol–water partition coefficient (Wildman–Crippen LogP) is 2.76. The van der Waals surface area contributed by atoms with Gasteiger partial charge in [-0.05, 0) is 29.7 Å². The van der Waals surface area contributed by atoms with Crippen LogP contribution in [0.2, 0.25) is 0 Å². The lowest BCUT2D eigenvalue weighted by Crippen LogP contribution is -2.34. The summed E-state index contributed by atoms with van der Waals surface area (Å²) < 4.78 is 7.38. The Labute approximate surface area is 127 Å². The summed E-state index contributed by atoms with van der Waals surface area (Å²) in [5.41, 5.74) is 2.21. The number of benzene rings is 2. The number of aromatic amines is 1. The molecule has 4 aromatic rings. The normalized spacial score (nSPS) is 11.5. The second-order valence-corrected chi connectivity index (χ2v) is 5.43. The van der Waals surface area contributed by atoms with Gasteiger partial charge in [0.05, 0.1) is 12.5 Å². The highest BCUT2D eigenvalue weighted by atomic mass is 16.5. The van der Waals surface area contributed by atoms with E-state index < -0.39 is 0 Å². The fraction of sp³-hybridized carbons (Fsp3) is 0.167. The average Bonchev–Trinajstić information content (AvgIpc) is 2.93. The van der Waals surface area contributed by atoms with E-state index in [1.165, 1.54) is 16.2 Å². The van der Waals surface area contributed by atoms with Crippen LogP contribution in [0, 0.1) is 0 Å². The summed E-state index contributed by atoms with van der Waals surface area (Å²) in [5.74, 6) is 0.851. The van der Waals surface area contributed by atoms with Crippen molar-refractivity contribution in [3.63, 3.8) is 0 Å².